The molecule has 0 spiro atoms. The zero-order chi connectivity index (χ0) is 30.2. The first-order valence-corrected chi connectivity index (χ1v) is 14.9. The van der Waals surface area contributed by atoms with Crippen LogP contribution in [0.25, 0.3) is 11.8 Å². The second-order valence-corrected chi connectivity index (χ2v) is 11.8. The first-order chi connectivity index (χ1) is 20.7. The van der Waals surface area contributed by atoms with Gasteiger partial charge in [-0.15, -0.1) is 0 Å². The van der Waals surface area contributed by atoms with Crippen LogP contribution in [-0.4, -0.2) is 22.2 Å². The molecule has 1 aliphatic rings. The van der Waals surface area contributed by atoms with Crippen molar-refractivity contribution in [2.24, 2.45) is 4.99 Å². The third-order valence-electron chi connectivity index (χ3n) is 7.57. The molecule has 2 aromatic heterocycles. The van der Waals surface area contributed by atoms with Gasteiger partial charge in [-0.1, -0.05) is 53.3 Å². The molecule has 3 heterocycles. The molecular formula is C34H29ClN4O3S. The fourth-order valence-electron chi connectivity index (χ4n) is 5.50. The lowest BCUT2D eigenvalue weighted by Gasteiger charge is -2.25. The van der Waals surface area contributed by atoms with Crippen molar-refractivity contribution in [1.29, 1.82) is 0 Å². The number of benzene rings is 3. The van der Waals surface area contributed by atoms with Crippen molar-refractivity contribution in [3.05, 3.63) is 143 Å². The minimum absolute atomic E-state index is 0.210. The molecule has 0 saturated heterocycles. The monoisotopic (exact) mass is 608 g/mol. The number of aromatic nitrogens is 2. The van der Waals surface area contributed by atoms with Crippen LogP contribution in [0.3, 0.4) is 0 Å². The first-order valence-electron chi connectivity index (χ1n) is 13.7. The van der Waals surface area contributed by atoms with Crippen molar-refractivity contribution in [1.82, 2.24) is 9.13 Å². The Balaban J connectivity index is 1.49. The molecule has 0 unspecified atom stereocenters. The van der Waals surface area contributed by atoms with E-state index in [-0.39, 0.29) is 11.5 Å². The highest BCUT2D eigenvalue weighted by Gasteiger charge is 2.32. The van der Waals surface area contributed by atoms with E-state index in [1.54, 1.807) is 11.7 Å². The molecule has 3 aromatic carbocycles. The van der Waals surface area contributed by atoms with Crippen LogP contribution in [0.5, 0.6) is 5.75 Å². The number of thiazole rings is 1. The number of anilines is 1. The van der Waals surface area contributed by atoms with E-state index in [2.05, 4.69) is 16.0 Å². The largest absolute Gasteiger partial charge is 0.497 e. The summed E-state index contributed by atoms with van der Waals surface area (Å²) >= 11 is 7.43. The van der Waals surface area contributed by atoms with Gasteiger partial charge < -0.3 is 14.6 Å². The van der Waals surface area contributed by atoms with Gasteiger partial charge in [-0.3, -0.25) is 14.2 Å². The van der Waals surface area contributed by atoms with E-state index >= 15 is 0 Å². The number of aryl methyl sites for hydroxylation is 1. The highest BCUT2D eigenvalue weighted by Crippen LogP contribution is 2.32. The van der Waals surface area contributed by atoms with Gasteiger partial charge in [-0.05, 0) is 92.6 Å². The third kappa shape index (κ3) is 5.35. The van der Waals surface area contributed by atoms with E-state index in [0.717, 1.165) is 28.2 Å². The van der Waals surface area contributed by atoms with Crippen LogP contribution in [0, 0.1) is 13.8 Å². The molecule has 1 amide bonds. The lowest BCUT2D eigenvalue weighted by molar-refractivity contribution is -0.113. The minimum Gasteiger partial charge on any atom is -0.497 e. The number of fused-ring (bicyclic) bond motifs is 1. The van der Waals surface area contributed by atoms with Crippen LogP contribution < -0.4 is 24.9 Å². The molecule has 5 aromatic rings. The van der Waals surface area contributed by atoms with Crippen LogP contribution in [0.2, 0.25) is 5.02 Å². The van der Waals surface area contributed by atoms with Crippen molar-refractivity contribution in [3.63, 3.8) is 0 Å². The summed E-state index contributed by atoms with van der Waals surface area (Å²) in [6, 6.07) is 25.7. The number of methoxy groups -OCH3 is 1. The van der Waals surface area contributed by atoms with Crippen molar-refractivity contribution >= 4 is 40.6 Å². The lowest BCUT2D eigenvalue weighted by atomic mass is 9.95. The molecule has 1 atom stereocenters. The summed E-state index contributed by atoms with van der Waals surface area (Å²) in [6.45, 7) is 5.87. The summed E-state index contributed by atoms with van der Waals surface area (Å²) in [7, 11) is 1.60. The minimum atomic E-state index is -0.672. The molecule has 6 rings (SSSR count). The SMILES string of the molecule is COc1ccc([C@@H]2C(C(=O)Nc3ccccc3)=C(C)N=c3s/c(=C/c4cc(C)n(-c5ccc(Cl)cc5)c4C)c(=O)n32)cc1. The highest BCUT2D eigenvalue weighted by atomic mass is 35.5. The standard InChI is InChI=1S/C34H29ClN4O3S/c1-20-18-24(22(3)38(20)27-14-12-25(35)13-15-27)19-29-33(41)39-31(23-10-16-28(42-4)17-11-23)30(21(2)36-34(39)43-29)32(40)37-26-8-6-5-7-9-26/h5-19,31H,1-4H3,(H,37,40)/b29-19+/t31-/m1/s1. The molecule has 0 saturated carbocycles. The average molecular weight is 609 g/mol. The number of amides is 1. The van der Waals surface area contributed by atoms with Gasteiger partial charge in [0.2, 0.25) is 0 Å². The Bertz CT molecular complexity index is 2060. The normalized spacial score (nSPS) is 14.8. The van der Waals surface area contributed by atoms with E-state index in [0.29, 0.717) is 37.1 Å². The molecule has 0 aliphatic carbocycles. The second kappa shape index (κ2) is 11.6. The van der Waals surface area contributed by atoms with Crippen LogP contribution >= 0.6 is 22.9 Å². The predicted octanol–water partition coefficient (Wildman–Crippen LogP) is 5.94. The zero-order valence-electron chi connectivity index (χ0n) is 24.1. The lowest BCUT2D eigenvalue weighted by Crippen LogP contribution is -2.40. The molecule has 0 fully saturated rings. The van der Waals surface area contributed by atoms with E-state index in [1.165, 1.54) is 11.3 Å². The van der Waals surface area contributed by atoms with Gasteiger partial charge >= 0.3 is 0 Å². The van der Waals surface area contributed by atoms with Gasteiger partial charge in [-0.25, -0.2) is 4.99 Å². The zero-order valence-corrected chi connectivity index (χ0v) is 25.7. The maximum absolute atomic E-state index is 14.2. The number of allylic oxidation sites excluding steroid dienone is 1. The Labute approximate surface area is 257 Å². The topological polar surface area (TPSA) is 77.6 Å². The summed E-state index contributed by atoms with van der Waals surface area (Å²) in [5.74, 6) is 0.372. The fourth-order valence-corrected chi connectivity index (χ4v) is 6.66. The third-order valence-corrected chi connectivity index (χ3v) is 8.81. The number of halogens is 1. The number of rotatable bonds is 6. The van der Waals surface area contributed by atoms with Gasteiger partial charge in [0.25, 0.3) is 11.5 Å². The number of para-hydroxylation sites is 1. The molecule has 9 heteroatoms. The van der Waals surface area contributed by atoms with Crippen LogP contribution in [0.15, 0.2) is 106 Å². The maximum atomic E-state index is 14.2. The van der Waals surface area contributed by atoms with Gasteiger partial charge in [0.15, 0.2) is 4.80 Å². The molecule has 1 N–H and O–H groups in total. The van der Waals surface area contributed by atoms with Crippen molar-refractivity contribution in [2.75, 3.05) is 12.4 Å². The van der Waals surface area contributed by atoms with Gasteiger partial charge in [0.1, 0.15) is 5.75 Å². The van der Waals surface area contributed by atoms with E-state index in [1.807, 2.05) is 106 Å². The fraction of sp³-hybridized carbons (Fsp3) is 0.147. The number of carbonyl (C=O) groups excluding carboxylic acids is 1. The summed E-state index contributed by atoms with van der Waals surface area (Å²) in [4.78, 5) is 33.2. The average Bonchev–Trinajstić information content (AvgIpc) is 3.46. The maximum Gasteiger partial charge on any atom is 0.271 e. The number of ether oxygens (including phenoxy) is 1. The number of carbonyl (C=O) groups is 1. The van der Waals surface area contributed by atoms with Crippen LogP contribution in [0.4, 0.5) is 5.69 Å². The Kier molecular flexibility index (Phi) is 7.64. The Morgan fingerprint density at radius 3 is 2.37 bits per heavy atom. The van der Waals surface area contributed by atoms with E-state index in [9.17, 15) is 9.59 Å². The molecule has 0 radical (unpaired) electrons. The van der Waals surface area contributed by atoms with Crippen molar-refractivity contribution in [2.45, 2.75) is 26.8 Å². The summed E-state index contributed by atoms with van der Waals surface area (Å²) in [5.41, 5.74) is 6.15. The second-order valence-electron chi connectivity index (χ2n) is 10.3. The molecule has 216 valence electrons. The highest BCUT2D eigenvalue weighted by molar-refractivity contribution is 7.07. The van der Waals surface area contributed by atoms with Gasteiger partial charge in [0.05, 0.1) is 29.0 Å². The van der Waals surface area contributed by atoms with Crippen molar-refractivity contribution < 1.29 is 9.53 Å². The number of nitrogens with one attached hydrogen (secondary N) is 1. The molecular weight excluding hydrogens is 580 g/mol. The number of hydrogen-bond acceptors (Lipinski definition) is 5. The number of nitrogens with zero attached hydrogens (tertiary/aromatic N) is 3. The molecule has 7 nitrogen and oxygen atoms in total. The smallest absolute Gasteiger partial charge is 0.271 e. The molecule has 0 bridgehead atoms. The summed E-state index contributed by atoms with van der Waals surface area (Å²) < 4.78 is 9.66. The van der Waals surface area contributed by atoms with E-state index in [4.69, 9.17) is 21.3 Å². The summed E-state index contributed by atoms with van der Waals surface area (Å²) in [6.07, 6.45) is 1.91. The van der Waals surface area contributed by atoms with E-state index < -0.39 is 6.04 Å². The predicted molar refractivity (Wildman–Crippen MR) is 172 cm³/mol. The Morgan fingerprint density at radius 1 is 1.00 bits per heavy atom. The van der Waals surface area contributed by atoms with Crippen molar-refractivity contribution in [3.8, 4) is 11.4 Å². The summed E-state index contributed by atoms with van der Waals surface area (Å²) in [5, 5.41) is 3.66. The first kappa shape index (κ1) is 28.5. The van der Waals surface area contributed by atoms with Crippen LogP contribution in [-0.2, 0) is 4.79 Å². The Morgan fingerprint density at radius 2 is 1.70 bits per heavy atom. The van der Waals surface area contributed by atoms with Crippen LogP contribution in [0.1, 0.15) is 35.5 Å². The van der Waals surface area contributed by atoms with Gasteiger partial charge in [0, 0.05) is 27.8 Å². The quantitative estimate of drug-likeness (QED) is 0.259. The number of hydrogen-bond donors (Lipinski definition) is 1. The van der Waals surface area contributed by atoms with Gasteiger partial charge in [-0.2, -0.15) is 0 Å². The Hall–Kier alpha value is -4.66. The molecule has 1 aliphatic heterocycles. The molecule has 43 heavy (non-hydrogen) atoms.